The lowest BCUT2D eigenvalue weighted by atomic mass is 10.1. The summed E-state index contributed by atoms with van der Waals surface area (Å²) in [6, 6.07) is 4.02. The fraction of sp³-hybridized carbons (Fsp3) is 0.538. The standard InChI is InChI=1S/C13H17F3O3S/c1-8(17)9(2)20(18,19)10(3)11-4-6-12(7-5-11)13(14,15)16/h4-10,17H,1-3H3/t8-,9-,10+/m0/s1. The molecule has 1 N–H and O–H groups in total. The Bertz CT molecular complexity index is 547. The molecule has 0 spiro atoms. The highest BCUT2D eigenvalue weighted by Gasteiger charge is 2.33. The molecule has 1 aromatic rings. The summed E-state index contributed by atoms with van der Waals surface area (Å²) in [7, 11) is -3.67. The Balaban J connectivity index is 3.07. The van der Waals surface area contributed by atoms with Gasteiger partial charge in [0.1, 0.15) is 0 Å². The Morgan fingerprint density at radius 2 is 1.50 bits per heavy atom. The smallest absolute Gasteiger partial charge is 0.392 e. The van der Waals surface area contributed by atoms with Gasteiger partial charge < -0.3 is 5.11 Å². The van der Waals surface area contributed by atoms with E-state index in [2.05, 4.69) is 0 Å². The van der Waals surface area contributed by atoms with E-state index in [4.69, 9.17) is 0 Å². The molecule has 3 nitrogen and oxygen atoms in total. The van der Waals surface area contributed by atoms with Crippen LogP contribution in [0.25, 0.3) is 0 Å². The van der Waals surface area contributed by atoms with Gasteiger partial charge in [-0.3, -0.25) is 0 Å². The minimum absolute atomic E-state index is 0.269. The highest BCUT2D eigenvalue weighted by atomic mass is 32.2. The van der Waals surface area contributed by atoms with Gasteiger partial charge in [-0.25, -0.2) is 8.42 Å². The van der Waals surface area contributed by atoms with Crippen molar-refractivity contribution in [2.75, 3.05) is 0 Å². The average molecular weight is 310 g/mol. The maximum Gasteiger partial charge on any atom is 0.416 e. The highest BCUT2D eigenvalue weighted by molar-refractivity contribution is 7.92. The predicted octanol–water partition coefficient (Wildman–Crippen LogP) is 2.95. The van der Waals surface area contributed by atoms with Crippen LogP contribution >= 0.6 is 0 Å². The number of halogens is 3. The van der Waals surface area contributed by atoms with Crippen molar-refractivity contribution in [3.05, 3.63) is 35.4 Å². The molecule has 3 atom stereocenters. The van der Waals surface area contributed by atoms with Crippen molar-refractivity contribution in [3.8, 4) is 0 Å². The molecule has 1 aromatic carbocycles. The zero-order valence-corrected chi connectivity index (χ0v) is 12.2. The number of aliphatic hydroxyl groups excluding tert-OH is 1. The summed E-state index contributed by atoms with van der Waals surface area (Å²) < 4.78 is 61.7. The van der Waals surface area contributed by atoms with Gasteiger partial charge in [-0.15, -0.1) is 0 Å². The number of benzene rings is 1. The van der Waals surface area contributed by atoms with Gasteiger partial charge in [-0.05, 0) is 38.5 Å². The van der Waals surface area contributed by atoms with Gasteiger partial charge in [0.05, 0.1) is 22.2 Å². The van der Waals surface area contributed by atoms with Gasteiger partial charge in [0.15, 0.2) is 9.84 Å². The summed E-state index contributed by atoms with van der Waals surface area (Å²) in [5.74, 6) is 0. The van der Waals surface area contributed by atoms with Crippen LogP contribution in [0.5, 0.6) is 0 Å². The third kappa shape index (κ3) is 3.52. The third-order valence-corrected chi connectivity index (χ3v) is 6.09. The Hall–Kier alpha value is -1.08. The third-order valence-electron chi connectivity index (χ3n) is 3.40. The molecular formula is C13H17F3O3S. The van der Waals surface area contributed by atoms with Crippen molar-refractivity contribution in [2.24, 2.45) is 0 Å². The maximum absolute atomic E-state index is 12.4. The monoisotopic (exact) mass is 310 g/mol. The van der Waals surface area contributed by atoms with Crippen LogP contribution in [0, 0.1) is 0 Å². The van der Waals surface area contributed by atoms with E-state index in [-0.39, 0.29) is 5.56 Å². The molecule has 114 valence electrons. The molecule has 7 heteroatoms. The Morgan fingerprint density at radius 3 is 1.85 bits per heavy atom. The van der Waals surface area contributed by atoms with E-state index in [0.717, 1.165) is 24.3 Å². The Kier molecular flexibility index (Phi) is 4.86. The van der Waals surface area contributed by atoms with E-state index >= 15 is 0 Å². The molecule has 1 rings (SSSR count). The molecule has 20 heavy (non-hydrogen) atoms. The lowest BCUT2D eigenvalue weighted by molar-refractivity contribution is -0.137. The molecule has 0 radical (unpaired) electrons. The fourth-order valence-electron chi connectivity index (χ4n) is 1.73. The summed E-state index contributed by atoms with van der Waals surface area (Å²) in [4.78, 5) is 0. The van der Waals surface area contributed by atoms with Crippen LogP contribution in [0.3, 0.4) is 0 Å². The number of rotatable bonds is 4. The Morgan fingerprint density at radius 1 is 1.05 bits per heavy atom. The fourth-order valence-corrected chi connectivity index (χ4v) is 3.46. The quantitative estimate of drug-likeness (QED) is 0.930. The molecular weight excluding hydrogens is 293 g/mol. The van der Waals surface area contributed by atoms with Crippen LogP contribution in [0.1, 0.15) is 37.1 Å². The molecule has 0 aliphatic carbocycles. The van der Waals surface area contributed by atoms with Crippen molar-refractivity contribution in [1.29, 1.82) is 0 Å². The molecule has 0 aliphatic rings. The summed E-state index contributed by atoms with van der Waals surface area (Å²) >= 11 is 0. The molecule has 0 aromatic heterocycles. The molecule has 0 heterocycles. The zero-order valence-electron chi connectivity index (χ0n) is 11.3. The van der Waals surface area contributed by atoms with E-state index in [1.165, 1.54) is 20.8 Å². The second-order valence-electron chi connectivity index (χ2n) is 4.80. The van der Waals surface area contributed by atoms with Crippen LogP contribution in [0.2, 0.25) is 0 Å². The van der Waals surface area contributed by atoms with Crippen molar-refractivity contribution >= 4 is 9.84 Å². The van der Waals surface area contributed by atoms with Crippen LogP contribution in [-0.2, 0) is 16.0 Å². The molecule has 0 bridgehead atoms. The van der Waals surface area contributed by atoms with Crippen molar-refractivity contribution in [3.63, 3.8) is 0 Å². The second kappa shape index (κ2) is 5.73. The molecule has 0 amide bonds. The van der Waals surface area contributed by atoms with E-state index in [0.29, 0.717) is 0 Å². The van der Waals surface area contributed by atoms with Gasteiger partial charge in [0.2, 0.25) is 0 Å². The number of aliphatic hydroxyl groups is 1. The van der Waals surface area contributed by atoms with Crippen LogP contribution in [-0.4, -0.2) is 24.9 Å². The van der Waals surface area contributed by atoms with Crippen LogP contribution in [0.4, 0.5) is 13.2 Å². The van der Waals surface area contributed by atoms with E-state index in [1.807, 2.05) is 0 Å². The van der Waals surface area contributed by atoms with E-state index < -0.39 is 38.2 Å². The summed E-state index contributed by atoms with van der Waals surface area (Å²) in [5, 5.41) is 7.41. The summed E-state index contributed by atoms with van der Waals surface area (Å²) in [6.45, 7) is 4.14. The maximum atomic E-state index is 12.4. The summed E-state index contributed by atoms with van der Waals surface area (Å²) in [6.07, 6.45) is -5.50. The van der Waals surface area contributed by atoms with E-state index in [9.17, 15) is 26.7 Å². The number of sulfone groups is 1. The second-order valence-corrected chi connectivity index (χ2v) is 7.43. The Labute approximate surface area is 116 Å². The highest BCUT2D eigenvalue weighted by Crippen LogP contribution is 2.32. The SMILES string of the molecule is C[C@H](O)[C@H](C)S(=O)(=O)[C@H](C)c1ccc(C(F)(F)F)cc1. The van der Waals surface area contributed by atoms with Crippen LogP contribution < -0.4 is 0 Å². The lowest BCUT2D eigenvalue weighted by Gasteiger charge is -2.21. The largest absolute Gasteiger partial charge is 0.416 e. The van der Waals surface area contributed by atoms with Gasteiger partial charge in [0.25, 0.3) is 0 Å². The van der Waals surface area contributed by atoms with Crippen molar-refractivity contribution in [2.45, 2.75) is 43.6 Å². The van der Waals surface area contributed by atoms with Gasteiger partial charge in [0, 0.05) is 0 Å². The molecule has 0 aliphatic heterocycles. The number of hydrogen-bond donors (Lipinski definition) is 1. The lowest BCUT2D eigenvalue weighted by Crippen LogP contribution is -2.32. The number of hydrogen-bond acceptors (Lipinski definition) is 3. The van der Waals surface area contributed by atoms with Gasteiger partial charge in [-0.2, -0.15) is 13.2 Å². The summed E-state index contributed by atoms with van der Waals surface area (Å²) in [5.41, 5.74) is -0.556. The first kappa shape index (κ1) is 17.0. The first-order valence-electron chi connectivity index (χ1n) is 6.06. The topological polar surface area (TPSA) is 54.4 Å². The molecule has 0 fully saturated rings. The molecule has 0 saturated carbocycles. The number of alkyl halides is 3. The molecule has 0 unspecified atom stereocenters. The minimum Gasteiger partial charge on any atom is -0.392 e. The first-order chi connectivity index (χ1) is 8.98. The normalized spacial score (nSPS) is 17.6. The van der Waals surface area contributed by atoms with E-state index in [1.54, 1.807) is 0 Å². The average Bonchev–Trinajstić information content (AvgIpc) is 2.35. The van der Waals surface area contributed by atoms with Gasteiger partial charge >= 0.3 is 6.18 Å². The van der Waals surface area contributed by atoms with Gasteiger partial charge in [-0.1, -0.05) is 12.1 Å². The predicted molar refractivity (Wildman–Crippen MR) is 69.9 cm³/mol. The molecule has 0 saturated heterocycles. The minimum atomic E-state index is -4.45. The van der Waals surface area contributed by atoms with Crippen molar-refractivity contribution < 1.29 is 26.7 Å². The zero-order chi connectivity index (χ0) is 15.7. The van der Waals surface area contributed by atoms with Crippen LogP contribution in [0.15, 0.2) is 24.3 Å². The first-order valence-corrected chi connectivity index (χ1v) is 7.66. The van der Waals surface area contributed by atoms with Crippen molar-refractivity contribution in [1.82, 2.24) is 0 Å².